The molecule has 0 aliphatic heterocycles. The molecule has 118 valence electrons. The zero-order chi connectivity index (χ0) is 15.2. The van der Waals surface area contributed by atoms with Crippen molar-refractivity contribution in [3.8, 4) is 0 Å². The van der Waals surface area contributed by atoms with E-state index in [1.807, 2.05) is 0 Å². The average Bonchev–Trinajstić information content (AvgIpc) is 2.39. The summed E-state index contributed by atoms with van der Waals surface area (Å²) in [6, 6.07) is 0. The number of rotatable bonds is 12. The number of hydrazone groups is 1. The Hall–Kier alpha value is -1.46. The van der Waals surface area contributed by atoms with Crippen LogP contribution >= 0.6 is 0 Å². The van der Waals surface area contributed by atoms with E-state index in [-0.39, 0.29) is 11.9 Å². The van der Waals surface area contributed by atoms with Gasteiger partial charge < -0.3 is 17.2 Å². The van der Waals surface area contributed by atoms with Crippen LogP contribution < -0.4 is 17.2 Å². The number of hydrogen-bond acceptors (Lipinski definition) is 2. The van der Waals surface area contributed by atoms with Crippen LogP contribution in [0.15, 0.2) is 5.10 Å². The van der Waals surface area contributed by atoms with E-state index >= 15 is 0 Å². The van der Waals surface area contributed by atoms with E-state index in [4.69, 9.17) is 22.6 Å². The van der Waals surface area contributed by atoms with Gasteiger partial charge in [-0.1, -0.05) is 64.7 Å². The monoisotopic (exact) mass is 284 g/mol. The van der Waals surface area contributed by atoms with Crippen LogP contribution in [0.1, 0.15) is 71.1 Å². The summed E-state index contributed by atoms with van der Waals surface area (Å²) in [7, 11) is 0. The SMILES string of the molecule is CCCCCCCCCCCCN(N=C(N)N)C(=N)N. The molecule has 6 heteroatoms. The van der Waals surface area contributed by atoms with Crippen LogP contribution in [-0.2, 0) is 0 Å². The topological polar surface area (TPSA) is 118 Å². The Morgan fingerprint density at radius 3 is 1.70 bits per heavy atom. The molecule has 0 amide bonds. The first-order valence-electron chi connectivity index (χ1n) is 7.79. The van der Waals surface area contributed by atoms with Crippen molar-refractivity contribution < 1.29 is 0 Å². The van der Waals surface area contributed by atoms with Crippen molar-refractivity contribution in [1.29, 1.82) is 5.41 Å². The Morgan fingerprint density at radius 2 is 1.30 bits per heavy atom. The summed E-state index contributed by atoms with van der Waals surface area (Å²) in [4.78, 5) is 0. The molecule has 7 N–H and O–H groups in total. The van der Waals surface area contributed by atoms with Crippen molar-refractivity contribution in [3.63, 3.8) is 0 Å². The third-order valence-corrected chi connectivity index (χ3v) is 3.24. The van der Waals surface area contributed by atoms with Gasteiger partial charge in [0, 0.05) is 6.54 Å². The molecule has 0 aliphatic rings. The van der Waals surface area contributed by atoms with Crippen molar-refractivity contribution >= 4 is 11.9 Å². The Balaban J connectivity index is 3.46. The van der Waals surface area contributed by atoms with Crippen molar-refractivity contribution in [2.24, 2.45) is 22.3 Å². The first-order chi connectivity index (χ1) is 9.57. The zero-order valence-electron chi connectivity index (χ0n) is 12.9. The molecule has 0 aromatic carbocycles. The fourth-order valence-electron chi connectivity index (χ4n) is 2.11. The lowest BCUT2D eigenvalue weighted by Crippen LogP contribution is -2.37. The summed E-state index contributed by atoms with van der Waals surface area (Å²) in [6.45, 7) is 2.84. The lowest BCUT2D eigenvalue weighted by atomic mass is 10.1. The minimum atomic E-state index is -0.116. The second kappa shape index (κ2) is 12.6. The Kier molecular flexibility index (Phi) is 11.7. The summed E-state index contributed by atoms with van der Waals surface area (Å²) in [5.41, 5.74) is 16.0. The molecule has 0 fully saturated rings. The number of guanidine groups is 2. The van der Waals surface area contributed by atoms with E-state index in [2.05, 4.69) is 12.0 Å². The summed E-state index contributed by atoms with van der Waals surface area (Å²) < 4.78 is 0. The van der Waals surface area contributed by atoms with E-state index in [0.29, 0.717) is 6.54 Å². The van der Waals surface area contributed by atoms with Gasteiger partial charge in [-0.3, -0.25) is 5.41 Å². The number of hydrogen-bond donors (Lipinski definition) is 4. The molecule has 0 spiro atoms. The highest BCUT2D eigenvalue weighted by atomic mass is 15.5. The predicted molar refractivity (Wildman–Crippen MR) is 86.3 cm³/mol. The van der Waals surface area contributed by atoms with Gasteiger partial charge in [0.2, 0.25) is 11.9 Å². The smallest absolute Gasteiger partial charge is 0.209 e. The molecule has 0 radical (unpaired) electrons. The summed E-state index contributed by atoms with van der Waals surface area (Å²) >= 11 is 0. The Labute approximate surface area is 123 Å². The molecule has 20 heavy (non-hydrogen) atoms. The van der Waals surface area contributed by atoms with Crippen LogP contribution in [-0.4, -0.2) is 23.5 Å². The molecular formula is C14H32N6. The van der Waals surface area contributed by atoms with Crippen LogP contribution in [0.3, 0.4) is 0 Å². The van der Waals surface area contributed by atoms with Crippen LogP contribution in [0.2, 0.25) is 0 Å². The Bertz CT molecular complexity index is 273. The quantitative estimate of drug-likeness (QED) is 0.190. The van der Waals surface area contributed by atoms with Crippen LogP contribution in [0, 0.1) is 5.41 Å². The fourth-order valence-corrected chi connectivity index (χ4v) is 2.11. The molecule has 0 rings (SSSR count). The fraction of sp³-hybridized carbons (Fsp3) is 0.857. The van der Waals surface area contributed by atoms with Gasteiger partial charge in [0.15, 0.2) is 0 Å². The zero-order valence-corrected chi connectivity index (χ0v) is 12.9. The maximum absolute atomic E-state index is 7.36. The van der Waals surface area contributed by atoms with E-state index in [1.54, 1.807) is 0 Å². The number of nitrogens with zero attached hydrogens (tertiary/aromatic N) is 2. The maximum atomic E-state index is 7.36. The minimum absolute atomic E-state index is 0.0627. The van der Waals surface area contributed by atoms with Crippen LogP contribution in [0.25, 0.3) is 0 Å². The van der Waals surface area contributed by atoms with Gasteiger partial charge in [0.05, 0.1) is 0 Å². The van der Waals surface area contributed by atoms with Gasteiger partial charge in [-0.15, -0.1) is 5.10 Å². The van der Waals surface area contributed by atoms with Gasteiger partial charge in [-0.2, -0.15) is 0 Å². The molecule has 6 nitrogen and oxygen atoms in total. The van der Waals surface area contributed by atoms with E-state index < -0.39 is 0 Å². The summed E-state index contributed by atoms with van der Waals surface area (Å²) in [6.07, 6.45) is 12.7. The Morgan fingerprint density at radius 1 is 0.850 bits per heavy atom. The molecule has 0 unspecified atom stereocenters. The molecule has 0 bridgehead atoms. The second-order valence-corrected chi connectivity index (χ2v) is 5.22. The summed E-state index contributed by atoms with van der Waals surface area (Å²) in [5.74, 6) is -0.179. The second-order valence-electron chi connectivity index (χ2n) is 5.22. The highest BCUT2D eigenvalue weighted by Crippen LogP contribution is 2.10. The van der Waals surface area contributed by atoms with Crippen molar-refractivity contribution in [2.75, 3.05) is 6.54 Å². The number of nitrogens with one attached hydrogen (secondary N) is 1. The van der Waals surface area contributed by atoms with E-state index in [1.165, 1.54) is 56.4 Å². The maximum Gasteiger partial charge on any atom is 0.209 e. The molecular weight excluding hydrogens is 252 g/mol. The largest absolute Gasteiger partial charge is 0.369 e. The molecule has 0 saturated heterocycles. The van der Waals surface area contributed by atoms with Crippen molar-refractivity contribution in [1.82, 2.24) is 5.01 Å². The molecule has 0 aromatic rings. The van der Waals surface area contributed by atoms with Crippen molar-refractivity contribution in [3.05, 3.63) is 0 Å². The van der Waals surface area contributed by atoms with E-state index in [9.17, 15) is 0 Å². The molecule has 0 saturated carbocycles. The number of nitrogens with two attached hydrogens (primary N) is 3. The first kappa shape index (κ1) is 18.5. The number of unbranched alkanes of at least 4 members (excludes halogenated alkanes) is 9. The van der Waals surface area contributed by atoms with Crippen molar-refractivity contribution in [2.45, 2.75) is 71.1 Å². The predicted octanol–water partition coefficient (Wildman–Crippen LogP) is 2.29. The van der Waals surface area contributed by atoms with Gasteiger partial charge >= 0.3 is 0 Å². The molecule has 0 aromatic heterocycles. The van der Waals surface area contributed by atoms with E-state index in [0.717, 1.165) is 12.8 Å². The lowest BCUT2D eigenvalue weighted by molar-refractivity contribution is 0.412. The standard InChI is InChI=1S/C14H32N6/c1-2-3-4-5-6-7-8-9-10-11-12-20(14(17)18)19-13(15)16/h2-12H2,1H3,(H3,17,18)(H4,15,16,19). The van der Waals surface area contributed by atoms with Crippen LogP contribution in [0.4, 0.5) is 0 Å². The molecule has 0 aliphatic carbocycles. The highest BCUT2D eigenvalue weighted by molar-refractivity contribution is 5.80. The highest BCUT2D eigenvalue weighted by Gasteiger charge is 2.04. The third kappa shape index (κ3) is 11.6. The summed E-state index contributed by atoms with van der Waals surface area (Å²) in [5, 5.41) is 12.5. The third-order valence-electron chi connectivity index (χ3n) is 3.24. The first-order valence-corrected chi connectivity index (χ1v) is 7.79. The van der Waals surface area contributed by atoms with Gasteiger partial charge in [0.1, 0.15) is 0 Å². The lowest BCUT2D eigenvalue weighted by Gasteiger charge is -2.16. The van der Waals surface area contributed by atoms with Crippen LogP contribution in [0.5, 0.6) is 0 Å². The van der Waals surface area contributed by atoms with Gasteiger partial charge in [0.25, 0.3) is 0 Å². The molecule has 0 atom stereocenters. The van der Waals surface area contributed by atoms with Gasteiger partial charge in [-0.05, 0) is 6.42 Å². The average molecular weight is 284 g/mol. The minimum Gasteiger partial charge on any atom is -0.369 e. The normalized spacial score (nSPS) is 10.2. The molecule has 0 heterocycles. The van der Waals surface area contributed by atoms with Gasteiger partial charge in [-0.25, -0.2) is 5.01 Å².